The summed E-state index contributed by atoms with van der Waals surface area (Å²) in [5.41, 5.74) is 6.52. The van der Waals surface area contributed by atoms with Crippen molar-refractivity contribution in [1.29, 1.82) is 0 Å². The second-order valence-corrected chi connectivity index (χ2v) is 4.82. The van der Waals surface area contributed by atoms with Crippen LogP contribution < -0.4 is 5.73 Å². The van der Waals surface area contributed by atoms with Gasteiger partial charge in [-0.25, -0.2) is 0 Å². The van der Waals surface area contributed by atoms with Gasteiger partial charge in [-0.05, 0) is 18.5 Å². The number of carbonyl (C=O) groups is 1. The van der Waals surface area contributed by atoms with Gasteiger partial charge in [-0.2, -0.15) is 0 Å². The van der Waals surface area contributed by atoms with E-state index < -0.39 is 0 Å². The Labute approximate surface area is 110 Å². The SMILES string of the molecule is CCC(CN)CC(=O)OCc1ccccc1Br. The van der Waals surface area contributed by atoms with E-state index in [1.165, 1.54) is 0 Å². The summed E-state index contributed by atoms with van der Waals surface area (Å²) in [6, 6.07) is 7.70. The molecular formula is C13H18BrNO2. The molecule has 0 aliphatic heterocycles. The van der Waals surface area contributed by atoms with Gasteiger partial charge < -0.3 is 10.5 Å². The predicted molar refractivity (Wildman–Crippen MR) is 71.4 cm³/mol. The molecule has 0 radical (unpaired) electrons. The minimum Gasteiger partial charge on any atom is -0.461 e. The second-order valence-electron chi connectivity index (χ2n) is 3.97. The number of carbonyl (C=O) groups excluding carboxylic acids is 1. The fraction of sp³-hybridized carbons (Fsp3) is 0.462. The fourth-order valence-corrected chi connectivity index (χ4v) is 1.86. The fourth-order valence-electron chi connectivity index (χ4n) is 1.46. The third-order valence-corrected chi connectivity index (χ3v) is 3.49. The number of nitrogens with two attached hydrogens (primary N) is 1. The van der Waals surface area contributed by atoms with Crippen LogP contribution >= 0.6 is 15.9 Å². The minimum atomic E-state index is -0.182. The maximum Gasteiger partial charge on any atom is 0.306 e. The van der Waals surface area contributed by atoms with Gasteiger partial charge >= 0.3 is 5.97 Å². The van der Waals surface area contributed by atoms with E-state index in [-0.39, 0.29) is 11.9 Å². The lowest BCUT2D eigenvalue weighted by Gasteiger charge is -2.11. The van der Waals surface area contributed by atoms with Crippen molar-refractivity contribution in [2.75, 3.05) is 6.54 Å². The zero-order valence-electron chi connectivity index (χ0n) is 9.99. The normalized spacial score (nSPS) is 12.2. The van der Waals surface area contributed by atoms with E-state index in [2.05, 4.69) is 15.9 Å². The maximum atomic E-state index is 11.6. The van der Waals surface area contributed by atoms with Crippen LogP contribution in [0.15, 0.2) is 28.7 Å². The highest BCUT2D eigenvalue weighted by atomic mass is 79.9. The van der Waals surface area contributed by atoms with Crippen molar-refractivity contribution in [2.45, 2.75) is 26.4 Å². The quantitative estimate of drug-likeness (QED) is 0.822. The molecule has 0 bridgehead atoms. The van der Waals surface area contributed by atoms with Crippen LogP contribution in [0, 0.1) is 5.92 Å². The van der Waals surface area contributed by atoms with Crippen LogP contribution in [0.3, 0.4) is 0 Å². The molecule has 0 aliphatic carbocycles. The van der Waals surface area contributed by atoms with Crippen LogP contribution in [-0.4, -0.2) is 12.5 Å². The Balaban J connectivity index is 2.41. The van der Waals surface area contributed by atoms with Crippen LogP contribution in [0.5, 0.6) is 0 Å². The van der Waals surface area contributed by atoms with E-state index in [9.17, 15) is 4.79 Å². The van der Waals surface area contributed by atoms with Crippen LogP contribution in [0.25, 0.3) is 0 Å². The van der Waals surface area contributed by atoms with Gasteiger partial charge in [0, 0.05) is 16.5 Å². The Morgan fingerprint density at radius 3 is 2.76 bits per heavy atom. The molecule has 1 aromatic rings. The van der Waals surface area contributed by atoms with E-state index in [0.29, 0.717) is 19.6 Å². The third kappa shape index (κ3) is 4.88. The van der Waals surface area contributed by atoms with E-state index in [1.54, 1.807) is 0 Å². The summed E-state index contributed by atoms with van der Waals surface area (Å²) in [5, 5.41) is 0. The number of benzene rings is 1. The summed E-state index contributed by atoms with van der Waals surface area (Å²) in [7, 11) is 0. The molecule has 17 heavy (non-hydrogen) atoms. The third-order valence-electron chi connectivity index (χ3n) is 2.71. The van der Waals surface area contributed by atoms with Gasteiger partial charge in [0.15, 0.2) is 0 Å². The molecule has 0 spiro atoms. The van der Waals surface area contributed by atoms with Gasteiger partial charge in [0.1, 0.15) is 6.61 Å². The summed E-state index contributed by atoms with van der Waals surface area (Å²) in [6.07, 6.45) is 1.30. The molecule has 1 aromatic carbocycles. The Morgan fingerprint density at radius 1 is 1.47 bits per heavy atom. The zero-order valence-corrected chi connectivity index (χ0v) is 11.6. The van der Waals surface area contributed by atoms with Gasteiger partial charge in [-0.1, -0.05) is 47.5 Å². The molecule has 1 rings (SSSR count). The number of ether oxygens (including phenoxy) is 1. The Kier molecular flexibility index (Phi) is 6.22. The van der Waals surface area contributed by atoms with Crippen molar-refractivity contribution < 1.29 is 9.53 Å². The number of hydrogen-bond acceptors (Lipinski definition) is 3. The number of halogens is 1. The first-order chi connectivity index (χ1) is 8.17. The van der Waals surface area contributed by atoms with E-state index in [1.807, 2.05) is 31.2 Å². The highest BCUT2D eigenvalue weighted by Crippen LogP contribution is 2.17. The first kappa shape index (κ1) is 14.2. The van der Waals surface area contributed by atoms with Crippen molar-refractivity contribution in [3.8, 4) is 0 Å². The highest BCUT2D eigenvalue weighted by molar-refractivity contribution is 9.10. The van der Waals surface area contributed by atoms with Crippen LogP contribution in [-0.2, 0) is 16.1 Å². The van der Waals surface area contributed by atoms with Crippen LogP contribution in [0.2, 0.25) is 0 Å². The largest absolute Gasteiger partial charge is 0.461 e. The molecule has 3 nitrogen and oxygen atoms in total. The molecule has 1 atom stereocenters. The van der Waals surface area contributed by atoms with Crippen LogP contribution in [0.4, 0.5) is 0 Å². The van der Waals surface area contributed by atoms with E-state index in [4.69, 9.17) is 10.5 Å². The smallest absolute Gasteiger partial charge is 0.306 e. The average molecular weight is 300 g/mol. The lowest BCUT2D eigenvalue weighted by Crippen LogP contribution is -2.18. The van der Waals surface area contributed by atoms with Crippen molar-refractivity contribution in [3.63, 3.8) is 0 Å². The molecule has 0 amide bonds. The van der Waals surface area contributed by atoms with Gasteiger partial charge in [0.25, 0.3) is 0 Å². The molecule has 0 aromatic heterocycles. The number of esters is 1. The maximum absolute atomic E-state index is 11.6. The van der Waals surface area contributed by atoms with E-state index >= 15 is 0 Å². The first-order valence-electron chi connectivity index (χ1n) is 5.76. The van der Waals surface area contributed by atoms with Crippen LogP contribution in [0.1, 0.15) is 25.3 Å². The lowest BCUT2D eigenvalue weighted by atomic mass is 10.0. The Bertz CT molecular complexity index is 364. The summed E-state index contributed by atoms with van der Waals surface area (Å²) in [5.74, 6) is 0.0415. The second kappa shape index (κ2) is 7.45. The van der Waals surface area contributed by atoms with Gasteiger partial charge in [0.2, 0.25) is 0 Å². The van der Waals surface area contributed by atoms with Gasteiger partial charge in [-0.15, -0.1) is 0 Å². The van der Waals surface area contributed by atoms with Gasteiger partial charge in [0.05, 0.1) is 0 Å². The van der Waals surface area contributed by atoms with Crippen molar-refractivity contribution in [1.82, 2.24) is 0 Å². The van der Waals surface area contributed by atoms with Crippen molar-refractivity contribution in [2.24, 2.45) is 11.7 Å². The Hall–Kier alpha value is -0.870. The monoisotopic (exact) mass is 299 g/mol. The topological polar surface area (TPSA) is 52.3 Å². The predicted octanol–water partition coefficient (Wildman–Crippen LogP) is 2.87. The zero-order chi connectivity index (χ0) is 12.7. The molecule has 2 N–H and O–H groups in total. The molecule has 0 aliphatic rings. The highest BCUT2D eigenvalue weighted by Gasteiger charge is 2.12. The van der Waals surface area contributed by atoms with Crippen molar-refractivity contribution >= 4 is 21.9 Å². The van der Waals surface area contributed by atoms with E-state index in [0.717, 1.165) is 16.5 Å². The molecule has 0 saturated heterocycles. The van der Waals surface area contributed by atoms with Gasteiger partial charge in [-0.3, -0.25) is 4.79 Å². The summed E-state index contributed by atoms with van der Waals surface area (Å²) < 4.78 is 6.18. The molecule has 0 saturated carbocycles. The standard InChI is InChI=1S/C13H18BrNO2/c1-2-10(8-15)7-13(16)17-9-11-5-3-4-6-12(11)14/h3-6,10H,2,7-9,15H2,1H3. The molecule has 94 valence electrons. The summed E-state index contributed by atoms with van der Waals surface area (Å²) in [6.45, 7) is 2.86. The number of hydrogen-bond donors (Lipinski definition) is 1. The summed E-state index contributed by atoms with van der Waals surface area (Å²) in [4.78, 5) is 11.6. The summed E-state index contributed by atoms with van der Waals surface area (Å²) >= 11 is 3.41. The molecule has 1 unspecified atom stereocenters. The lowest BCUT2D eigenvalue weighted by molar-refractivity contribution is -0.146. The molecular weight excluding hydrogens is 282 g/mol. The molecule has 0 heterocycles. The Morgan fingerprint density at radius 2 is 2.18 bits per heavy atom. The first-order valence-corrected chi connectivity index (χ1v) is 6.55. The molecule has 4 heteroatoms. The average Bonchev–Trinajstić information content (AvgIpc) is 2.35. The minimum absolute atomic E-state index is 0.182. The molecule has 0 fully saturated rings. The van der Waals surface area contributed by atoms with Crippen molar-refractivity contribution in [3.05, 3.63) is 34.3 Å². The number of rotatable bonds is 6.